The number of anilines is 2. The highest BCUT2D eigenvalue weighted by atomic mass is 32.2. The van der Waals surface area contributed by atoms with Crippen LogP contribution in [-0.2, 0) is 19.9 Å². The summed E-state index contributed by atoms with van der Waals surface area (Å²) in [4.78, 5) is 4.83. The monoisotopic (exact) mass is 423 g/mol. The van der Waals surface area contributed by atoms with E-state index in [1.165, 1.54) is 29.5 Å². The zero-order valence-corrected chi connectivity index (χ0v) is 17.0. The molecule has 0 bridgehead atoms. The lowest BCUT2D eigenvalue weighted by Crippen LogP contribution is -2.13. The van der Waals surface area contributed by atoms with Crippen LogP contribution in [0, 0.1) is 6.92 Å². The molecular weight excluding hydrogens is 406 g/mol. The molecular formula is C17H17N3O4S3. The topological polar surface area (TPSA) is 119 Å². The summed E-state index contributed by atoms with van der Waals surface area (Å²) in [6.45, 7) is 1.68. The Kier molecular flexibility index (Phi) is 5.08. The predicted molar refractivity (Wildman–Crippen MR) is 106 cm³/mol. The van der Waals surface area contributed by atoms with Crippen LogP contribution in [0.1, 0.15) is 5.56 Å². The minimum atomic E-state index is -3.75. The molecule has 10 heteroatoms. The number of hydrogen-bond donors (Lipinski definition) is 2. The van der Waals surface area contributed by atoms with Crippen molar-refractivity contribution in [2.75, 3.05) is 11.6 Å². The summed E-state index contributed by atoms with van der Waals surface area (Å²) in [5, 5.41) is 10.8. The summed E-state index contributed by atoms with van der Waals surface area (Å²) < 4.78 is 46.0. The molecule has 2 aromatic carbocycles. The fourth-order valence-electron chi connectivity index (χ4n) is 2.50. The molecule has 0 saturated heterocycles. The van der Waals surface area contributed by atoms with Crippen LogP contribution < -0.4 is 10.5 Å². The zero-order valence-electron chi connectivity index (χ0n) is 14.5. The van der Waals surface area contributed by atoms with Crippen molar-refractivity contribution in [3.05, 3.63) is 53.4 Å². The molecule has 3 N–H and O–H groups in total. The smallest absolute Gasteiger partial charge is 0.238 e. The van der Waals surface area contributed by atoms with Crippen molar-refractivity contribution < 1.29 is 16.8 Å². The average molecular weight is 424 g/mol. The van der Waals surface area contributed by atoms with Gasteiger partial charge < -0.3 is 5.32 Å². The lowest BCUT2D eigenvalue weighted by atomic mass is 10.1. The minimum absolute atomic E-state index is 0.0887. The third kappa shape index (κ3) is 4.53. The fraction of sp³-hybridized carbons (Fsp3) is 0.118. The van der Waals surface area contributed by atoms with Crippen molar-refractivity contribution >= 4 is 42.0 Å². The molecule has 0 aliphatic heterocycles. The Morgan fingerprint density at radius 3 is 2.26 bits per heavy atom. The Bertz CT molecular complexity index is 1200. The molecule has 0 aliphatic carbocycles. The molecule has 0 amide bonds. The summed E-state index contributed by atoms with van der Waals surface area (Å²) >= 11 is 1.38. The first-order chi connectivity index (χ1) is 12.5. The SMILES string of the molecule is Cc1cc(-c2csc(Nc3ccc(S(C)(=O)=O)cc3)n2)ccc1S(N)(=O)=O. The summed E-state index contributed by atoms with van der Waals surface area (Å²) in [5.74, 6) is 0. The zero-order chi connectivity index (χ0) is 19.8. The van der Waals surface area contributed by atoms with E-state index in [9.17, 15) is 16.8 Å². The Hall–Kier alpha value is -2.27. The van der Waals surface area contributed by atoms with E-state index in [1.807, 2.05) is 5.38 Å². The molecule has 0 atom stereocenters. The van der Waals surface area contributed by atoms with Crippen molar-refractivity contribution in [3.8, 4) is 11.3 Å². The van der Waals surface area contributed by atoms with Crippen LogP contribution in [0.25, 0.3) is 11.3 Å². The number of thiazole rings is 1. The van der Waals surface area contributed by atoms with Gasteiger partial charge in [0.15, 0.2) is 15.0 Å². The van der Waals surface area contributed by atoms with Crippen LogP contribution in [0.3, 0.4) is 0 Å². The van der Waals surface area contributed by atoms with E-state index >= 15 is 0 Å². The van der Waals surface area contributed by atoms with Crippen molar-refractivity contribution in [1.82, 2.24) is 4.98 Å². The highest BCUT2D eigenvalue weighted by Crippen LogP contribution is 2.29. The van der Waals surface area contributed by atoms with Gasteiger partial charge in [-0.15, -0.1) is 11.3 Å². The fourth-order valence-corrected chi connectivity index (χ4v) is 4.64. The van der Waals surface area contributed by atoms with Gasteiger partial charge in [0, 0.05) is 22.9 Å². The Morgan fingerprint density at radius 1 is 1.04 bits per heavy atom. The largest absolute Gasteiger partial charge is 0.332 e. The van der Waals surface area contributed by atoms with Gasteiger partial charge in [-0.25, -0.2) is 27.0 Å². The van der Waals surface area contributed by atoms with E-state index in [4.69, 9.17) is 5.14 Å². The second-order valence-electron chi connectivity index (χ2n) is 5.98. The number of aromatic nitrogens is 1. The molecule has 3 aromatic rings. The molecule has 27 heavy (non-hydrogen) atoms. The van der Waals surface area contributed by atoms with Gasteiger partial charge in [0.05, 0.1) is 15.5 Å². The van der Waals surface area contributed by atoms with Gasteiger partial charge in [-0.3, -0.25) is 0 Å². The molecule has 0 aliphatic rings. The number of sulfonamides is 1. The number of nitrogens with one attached hydrogen (secondary N) is 1. The van der Waals surface area contributed by atoms with Crippen molar-refractivity contribution in [2.24, 2.45) is 5.14 Å². The van der Waals surface area contributed by atoms with E-state index < -0.39 is 19.9 Å². The van der Waals surface area contributed by atoms with E-state index in [1.54, 1.807) is 31.2 Å². The normalized spacial score (nSPS) is 12.1. The average Bonchev–Trinajstić information content (AvgIpc) is 3.02. The molecule has 7 nitrogen and oxygen atoms in total. The highest BCUT2D eigenvalue weighted by molar-refractivity contribution is 7.90. The van der Waals surface area contributed by atoms with E-state index in [0.29, 0.717) is 22.1 Å². The van der Waals surface area contributed by atoms with Gasteiger partial charge in [-0.2, -0.15) is 0 Å². The number of benzene rings is 2. The molecule has 3 rings (SSSR count). The van der Waals surface area contributed by atoms with Crippen LogP contribution >= 0.6 is 11.3 Å². The Morgan fingerprint density at radius 2 is 1.70 bits per heavy atom. The maximum absolute atomic E-state index is 11.5. The van der Waals surface area contributed by atoms with Crippen molar-refractivity contribution in [2.45, 2.75) is 16.7 Å². The lowest BCUT2D eigenvalue weighted by Gasteiger charge is -2.05. The number of aryl methyl sites for hydroxylation is 1. The summed E-state index contributed by atoms with van der Waals surface area (Å²) in [7, 11) is -6.99. The molecule has 0 saturated carbocycles. The third-order valence-corrected chi connectivity index (χ3v) is 6.77. The number of nitrogens with zero attached hydrogens (tertiary/aromatic N) is 1. The third-order valence-electron chi connectivity index (χ3n) is 3.82. The lowest BCUT2D eigenvalue weighted by molar-refractivity contribution is 0.596. The van der Waals surface area contributed by atoms with Gasteiger partial charge in [-0.05, 0) is 48.9 Å². The maximum Gasteiger partial charge on any atom is 0.238 e. The quantitative estimate of drug-likeness (QED) is 0.651. The van der Waals surface area contributed by atoms with Crippen molar-refractivity contribution in [1.29, 1.82) is 0 Å². The molecule has 0 spiro atoms. The number of nitrogens with two attached hydrogens (primary N) is 1. The predicted octanol–water partition coefficient (Wildman–Crippen LogP) is 2.91. The second-order valence-corrected chi connectivity index (χ2v) is 10.4. The standard InChI is InChI=1S/C17H17N3O4S3/c1-11-9-12(3-8-16(11)27(18,23)24)15-10-25-17(20-15)19-13-4-6-14(7-5-13)26(2,21)22/h3-10H,1-2H3,(H,19,20)(H2,18,23,24). The molecule has 0 fully saturated rings. The Labute approximate surface area is 161 Å². The van der Waals surface area contributed by atoms with Gasteiger partial charge in [-0.1, -0.05) is 6.07 Å². The molecule has 1 heterocycles. The minimum Gasteiger partial charge on any atom is -0.332 e. The van der Waals surface area contributed by atoms with Gasteiger partial charge in [0.1, 0.15) is 0 Å². The van der Waals surface area contributed by atoms with E-state index in [-0.39, 0.29) is 9.79 Å². The number of hydrogen-bond acceptors (Lipinski definition) is 7. The first-order valence-corrected chi connectivity index (χ1v) is 12.0. The summed E-state index contributed by atoms with van der Waals surface area (Å²) in [6, 6.07) is 11.2. The number of sulfone groups is 1. The van der Waals surface area contributed by atoms with Gasteiger partial charge in [0.2, 0.25) is 10.0 Å². The molecule has 142 valence electrons. The first-order valence-electron chi connectivity index (χ1n) is 7.70. The second kappa shape index (κ2) is 7.04. The van der Waals surface area contributed by atoms with Gasteiger partial charge >= 0.3 is 0 Å². The van der Waals surface area contributed by atoms with Crippen LogP contribution in [-0.4, -0.2) is 28.1 Å². The van der Waals surface area contributed by atoms with E-state index in [0.717, 1.165) is 11.8 Å². The van der Waals surface area contributed by atoms with Crippen LogP contribution in [0.5, 0.6) is 0 Å². The number of primary sulfonamides is 1. The Balaban J connectivity index is 1.82. The summed E-state index contributed by atoms with van der Waals surface area (Å²) in [6.07, 6.45) is 1.16. The summed E-state index contributed by atoms with van der Waals surface area (Å²) in [5.41, 5.74) is 2.73. The first kappa shape index (κ1) is 19.5. The molecule has 1 aromatic heterocycles. The van der Waals surface area contributed by atoms with E-state index in [2.05, 4.69) is 10.3 Å². The number of rotatable bonds is 5. The highest BCUT2D eigenvalue weighted by Gasteiger charge is 2.13. The van der Waals surface area contributed by atoms with Crippen LogP contribution in [0.4, 0.5) is 10.8 Å². The van der Waals surface area contributed by atoms with Gasteiger partial charge in [0.25, 0.3) is 0 Å². The maximum atomic E-state index is 11.5. The van der Waals surface area contributed by atoms with Crippen molar-refractivity contribution in [3.63, 3.8) is 0 Å². The molecule has 0 unspecified atom stereocenters. The van der Waals surface area contributed by atoms with Crippen LogP contribution in [0.15, 0.2) is 57.6 Å². The molecule has 0 radical (unpaired) electrons. The van der Waals surface area contributed by atoms with Crippen LogP contribution in [0.2, 0.25) is 0 Å².